The third-order valence-electron chi connectivity index (χ3n) is 3.57. The Labute approximate surface area is 140 Å². The molecule has 0 amide bonds. The van der Waals surface area contributed by atoms with Crippen LogP contribution in [-0.4, -0.2) is 31.2 Å². The number of carbonyl (C=O) groups is 1. The Hall–Kier alpha value is -2.02. The number of nitrogens with zero attached hydrogens (tertiary/aromatic N) is 3. The van der Waals surface area contributed by atoms with Crippen LogP contribution in [0.3, 0.4) is 0 Å². The standard InChI is InChI=1S/C16H22N4O2S/c1-5-12(14(21)22)23-15-19-18-13(20(15)17)10-6-8-11(9-7-10)16(2,3)4/h6-9,12H,5,17H2,1-4H3,(H,21,22). The van der Waals surface area contributed by atoms with E-state index in [0.717, 1.165) is 17.3 Å². The molecule has 2 rings (SSSR count). The van der Waals surface area contributed by atoms with Crippen molar-refractivity contribution in [3.8, 4) is 11.4 Å². The van der Waals surface area contributed by atoms with E-state index in [-0.39, 0.29) is 5.41 Å². The van der Waals surface area contributed by atoms with Crippen molar-refractivity contribution in [3.05, 3.63) is 29.8 Å². The summed E-state index contributed by atoms with van der Waals surface area (Å²) in [4.78, 5) is 11.1. The summed E-state index contributed by atoms with van der Waals surface area (Å²) in [5.74, 6) is 5.68. The summed E-state index contributed by atoms with van der Waals surface area (Å²) in [5, 5.41) is 17.1. The predicted molar refractivity (Wildman–Crippen MR) is 91.9 cm³/mol. The highest BCUT2D eigenvalue weighted by atomic mass is 32.2. The molecule has 0 fully saturated rings. The molecule has 0 aliphatic heterocycles. The number of thioether (sulfide) groups is 1. The molecule has 2 aromatic rings. The molecule has 1 unspecified atom stereocenters. The molecule has 3 N–H and O–H groups in total. The van der Waals surface area contributed by atoms with Crippen LogP contribution < -0.4 is 5.84 Å². The second kappa shape index (κ2) is 6.62. The molecule has 0 aliphatic rings. The summed E-state index contributed by atoms with van der Waals surface area (Å²) in [5.41, 5.74) is 2.14. The van der Waals surface area contributed by atoms with E-state index in [0.29, 0.717) is 17.4 Å². The molecule has 1 aromatic heterocycles. The molecule has 124 valence electrons. The average molecular weight is 334 g/mol. The zero-order valence-corrected chi connectivity index (χ0v) is 14.6. The van der Waals surface area contributed by atoms with Gasteiger partial charge in [0.1, 0.15) is 5.25 Å². The maximum Gasteiger partial charge on any atom is 0.317 e. The molecule has 0 bridgehead atoms. The van der Waals surface area contributed by atoms with Gasteiger partial charge in [0.2, 0.25) is 5.16 Å². The lowest BCUT2D eigenvalue weighted by Crippen LogP contribution is -2.18. The number of rotatable bonds is 5. The van der Waals surface area contributed by atoms with Crippen molar-refractivity contribution in [1.29, 1.82) is 0 Å². The Kier molecular flexibility index (Phi) is 4.99. The van der Waals surface area contributed by atoms with Crippen LogP contribution in [0.4, 0.5) is 0 Å². The van der Waals surface area contributed by atoms with Gasteiger partial charge in [0.25, 0.3) is 0 Å². The fourth-order valence-electron chi connectivity index (χ4n) is 2.11. The molecule has 6 nitrogen and oxygen atoms in total. The predicted octanol–water partition coefficient (Wildman–Crippen LogP) is 2.91. The molecule has 1 heterocycles. The Morgan fingerprint density at radius 3 is 2.39 bits per heavy atom. The molecular formula is C16H22N4O2S. The van der Waals surface area contributed by atoms with Crippen LogP contribution >= 0.6 is 11.8 Å². The Morgan fingerprint density at radius 1 is 1.30 bits per heavy atom. The first-order valence-corrected chi connectivity index (χ1v) is 8.33. The lowest BCUT2D eigenvalue weighted by molar-refractivity contribution is -0.136. The van der Waals surface area contributed by atoms with Crippen LogP contribution in [0.2, 0.25) is 0 Å². The van der Waals surface area contributed by atoms with Gasteiger partial charge in [-0.15, -0.1) is 10.2 Å². The Bertz CT molecular complexity index is 689. The minimum atomic E-state index is -0.878. The number of nitrogens with two attached hydrogens (primary N) is 1. The van der Waals surface area contributed by atoms with Gasteiger partial charge in [0.15, 0.2) is 5.82 Å². The molecule has 0 saturated carbocycles. The lowest BCUT2D eigenvalue weighted by Gasteiger charge is -2.19. The van der Waals surface area contributed by atoms with Crippen molar-refractivity contribution in [2.24, 2.45) is 0 Å². The summed E-state index contributed by atoms with van der Waals surface area (Å²) in [7, 11) is 0. The molecular weight excluding hydrogens is 312 g/mol. The van der Waals surface area contributed by atoms with Crippen molar-refractivity contribution in [3.63, 3.8) is 0 Å². The molecule has 0 radical (unpaired) electrons. The highest BCUT2D eigenvalue weighted by Gasteiger charge is 2.22. The second-order valence-electron chi connectivity index (χ2n) is 6.36. The van der Waals surface area contributed by atoms with E-state index in [1.807, 2.05) is 31.2 Å². The van der Waals surface area contributed by atoms with E-state index >= 15 is 0 Å². The van der Waals surface area contributed by atoms with Gasteiger partial charge < -0.3 is 10.9 Å². The van der Waals surface area contributed by atoms with Crippen molar-refractivity contribution in [2.45, 2.75) is 49.9 Å². The molecule has 23 heavy (non-hydrogen) atoms. The number of aromatic nitrogens is 3. The Balaban J connectivity index is 2.27. The van der Waals surface area contributed by atoms with Crippen LogP contribution in [0.1, 0.15) is 39.7 Å². The van der Waals surface area contributed by atoms with E-state index in [9.17, 15) is 4.79 Å². The number of nitrogen functional groups attached to an aromatic ring is 1. The zero-order chi connectivity index (χ0) is 17.2. The van der Waals surface area contributed by atoms with Crippen molar-refractivity contribution in [1.82, 2.24) is 14.9 Å². The minimum Gasteiger partial charge on any atom is -0.480 e. The first-order chi connectivity index (χ1) is 10.7. The molecule has 1 aromatic carbocycles. The third kappa shape index (κ3) is 3.85. The van der Waals surface area contributed by atoms with Gasteiger partial charge in [-0.3, -0.25) is 4.79 Å². The summed E-state index contributed by atoms with van der Waals surface area (Å²) >= 11 is 1.11. The lowest BCUT2D eigenvalue weighted by atomic mass is 9.87. The van der Waals surface area contributed by atoms with Gasteiger partial charge in [-0.1, -0.05) is 63.7 Å². The maximum absolute atomic E-state index is 11.1. The van der Waals surface area contributed by atoms with Gasteiger partial charge in [-0.25, -0.2) is 4.68 Å². The van der Waals surface area contributed by atoms with E-state index in [1.165, 1.54) is 10.2 Å². The molecule has 7 heteroatoms. The van der Waals surface area contributed by atoms with Gasteiger partial charge >= 0.3 is 5.97 Å². The molecule has 0 spiro atoms. The summed E-state index contributed by atoms with van der Waals surface area (Å²) < 4.78 is 1.35. The average Bonchev–Trinajstić information content (AvgIpc) is 2.84. The van der Waals surface area contributed by atoms with Crippen molar-refractivity contribution in [2.75, 3.05) is 5.84 Å². The molecule has 0 aliphatic carbocycles. The number of benzene rings is 1. The highest BCUT2D eigenvalue weighted by Crippen LogP contribution is 2.28. The smallest absolute Gasteiger partial charge is 0.317 e. The first kappa shape index (κ1) is 17.3. The summed E-state index contributed by atoms with van der Waals surface area (Å²) in [6.07, 6.45) is 0.489. The molecule has 1 atom stereocenters. The maximum atomic E-state index is 11.1. The van der Waals surface area contributed by atoms with Crippen LogP contribution in [-0.2, 0) is 10.2 Å². The quantitative estimate of drug-likeness (QED) is 0.645. The van der Waals surface area contributed by atoms with Gasteiger partial charge in [0.05, 0.1) is 0 Å². The largest absolute Gasteiger partial charge is 0.480 e. The fraction of sp³-hybridized carbons (Fsp3) is 0.438. The second-order valence-corrected chi connectivity index (χ2v) is 7.53. The van der Waals surface area contributed by atoms with E-state index in [2.05, 4.69) is 31.0 Å². The van der Waals surface area contributed by atoms with Gasteiger partial charge in [-0.2, -0.15) is 0 Å². The van der Waals surface area contributed by atoms with Crippen LogP contribution in [0.5, 0.6) is 0 Å². The number of carboxylic acid groups (broad SMARTS) is 1. The fourth-order valence-corrected chi connectivity index (χ4v) is 2.92. The number of hydrogen-bond donors (Lipinski definition) is 2. The van der Waals surface area contributed by atoms with Crippen molar-refractivity contribution < 1.29 is 9.90 Å². The van der Waals surface area contributed by atoms with E-state index < -0.39 is 11.2 Å². The topological polar surface area (TPSA) is 94.0 Å². The number of hydrogen-bond acceptors (Lipinski definition) is 5. The van der Waals surface area contributed by atoms with Crippen LogP contribution in [0, 0.1) is 0 Å². The third-order valence-corrected chi connectivity index (χ3v) is 4.88. The van der Waals surface area contributed by atoms with Gasteiger partial charge in [0, 0.05) is 5.56 Å². The summed E-state index contributed by atoms with van der Waals surface area (Å²) in [6.45, 7) is 8.27. The van der Waals surface area contributed by atoms with E-state index in [1.54, 1.807) is 0 Å². The molecule has 0 saturated heterocycles. The summed E-state index contributed by atoms with van der Waals surface area (Å²) in [6, 6.07) is 8.00. The first-order valence-electron chi connectivity index (χ1n) is 7.45. The minimum absolute atomic E-state index is 0.0752. The van der Waals surface area contributed by atoms with Crippen molar-refractivity contribution >= 4 is 17.7 Å². The van der Waals surface area contributed by atoms with Gasteiger partial charge in [-0.05, 0) is 17.4 Å². The Morgan fingerprint density at radius 2 is 1.91 bits per heavy atom. The number of carboxylic acids is 1. The van der Waals surface area contributed by atoms with Crippen LogP contribution in [0.25, 0.3) is 11.4 Å². The highest BCUT2D eigenvalue weighted by molar-refractivity contribution is 8.00. The zero-order valence-electron chi connectivity index (χ0n) is 13.8. The SMILES string of the molecule is CCC(Sc1nnc(-c2ccc(C(C)(C)C)cc2)n1N)C(=O)O. The monoisotopic (exact) mass is 334 g/mol. The van der Waals surface area contributed by atoms with Crippen LogP contribution in [0.15, 0.2) is 29.4 Å². The normalized spacial score (nSPS) is 13.0. The number of aliphatic carboxylic acids is 1. The van der Waals surface area contributed by atoms with E-state index in [4.69, 9.17) is 10.9 Å².